The van der Waals surface area contributed by atoms with Crippen LogP contribution in [0.3, 0.4) is 0 Å². The highest BCUT2D eigenvalue weighted by Crippen LogP contribution is 2.34. The number of carbonyl (C=O) groups is 1. The van der Waals surface area contributed by atoms with Crippen LogP contribution in [-0.4, -0.2) is 86.6 Å². The summed E-state index contributed by atoms with van der Waals surface area (Å²) >= 11 is 1.74. The maximum absolute atomic E-state index is 13.5. The van der Waals surface area contributed by atoms with E-state index in [-0.39, 0.29) is 25.1 Å². The Labute approximate surface area is 213 Å². The van der Waals surface area contributed by atoms with Crippen molar-refractivity contribution in [2.75, 3.05) is 59.7 Å². The van der Waals surface area contributed by atoms with Crippen LogP contribution in [0.5, 0.6) is 5.75 Å². The van der Waals surface area contributed by atoms with Gasteiger partial charge in [-0.25, -0.2) is 0 Å². The molecule has 7 nitrogen and oxygen atoms in total. The van der Waals surface area contributed by atoms with Crippen molar-refractivity contribution < 1.29 is 24.1 Å². The monoisotopic (exact) mass is 504 g/mol. The molecule has 1 aromatic carbocycles. The molecule has 1 N–H and O–H groups in total. The van der Waals surface area contributed by atoms with E-state index in [1.165, 1.54) is 16.0 Å². The summed E-state index contributed by atoms with van der Waals surface area (Å²) in [4.78, 5) is 18.7. The Bertz CT molecular complexity index is 901. The summed E-state index contributed by atoms with van der Waals surface area (Å²) in [5, 5.41) is 12.6. The molecule has 8 heteroatoms. The topological polar surface area (TPSA) is 71.5 Å². The van der Waals surface area contributed by atoms with Gasteiger partial charge in [-0.1, -0.05) is 31.5 Å². The van der Waals surface area contributed by atoms with Crippen molar-refractivity contribution in [3.8, 4) is 5.75 Å². The van der Waals surface area contributed by atoms with Crippen molar-refractivity contribution in [2.45, 2.75) is 39.3 Å². The van der Waals surface area contributed by atoms with E-state index in [1.54, 1.807) is 18.4 Å². The van der Waals surface area contributed by atoms with E-state index in [9.17, 15) is 9.90 Å². The van der Waals surface area contributed by atoms with E-state index in [4.69, 9.17) is 14.2 Å². The van der Waals surface area contributed by atoms with E-state index < -0.39 is 6.10 Å². The molecule has 194 valence electrons. The summed E-state index contributed by atoms with van der Waals surface area (Å²) in [5.41, 5.74) is 2.35. The first-order valence-corrected chi connectivity index (χ1v) is 13.3. The van der Waals surface area contributed by atoms with Gasteiger partial charge >= 0.3 is 0 Å². The van der Waals surface area contributed by atoms with Crippen LogP contribution in [-0.2, 0) is 20.7 Å². The molecule has 35 heavy (non-hydrogen) atoms. The fourth-order valence-electron chi connectivity index (χ4n) is 4.21. The van der Waals surface area contributed by atoms with Crippen LogP contribution >= 0.6 is 11.3 Å². The molecule has 0 aliphatic carbocycles. The number of hydrogen-bond donors (Lipinski definition) is 1. The lowest BCUT2D eigenvalue weighted by Gasteiger charge is -2.37. The van der Waals surface area contributed by atoms with Crippen LogP contribution in [0.4, 0.5) is 0 Å². The second-order valence-electron chi connectivity index (χ2n) is 9.59. The van der Waals surface area contributed by atoms with Gasteiger partial charge < -0.3 is 24.2 Å². The summed E-state index contributed by atoms with van der Waals surface area (Å²) in [6.45, 7) is 9.74. The fraction of sp³-hybridized carbons (Fsp3) is 0.593. The summed E-state index contributed by atoms with van der Waals surface area (Å²) in [6.07, 6.45) is 0.188. The molecule has 2 aromatic rings. The number of thiophene rings is 1. The zero-order chi connectivity index (χ0) is 25.2. The normalized spacial score (nSPS) is 16.5. The number of amides is 1. The molecule has 2 heterocycles. The highest BCUT2D eigenvalue weighted by atomic mass is 32.1. The van der Waals surface area contributed by atoms with Crippen molar-refractivity contribution in [2.24, 2.45) is 5.92 Å². The lowest BCUT2D eigenvalue weighted by atomic mass is 10.0. The molecule has 0 spiro atoms. The Morgan fingerprint density at radius 1 is 1.23 bits per heavy atom. The minimum absolute atomic E-state index is 0.0331. The largest absolute Gasteiger partial charge is 0.491 e. The van der Waals surface area contributed by atoms with Gasteiger partial charge in [0.1, 0.15) is 12.4 Å². The molecular formula is C27H40N2O5S. The van der Waals surface area contributed by atoms with E-state index in [0.29, 0.717) is 45.4 Å². The Hall–Kier alpha value is -1.97. The zero-order valence-corrected chi connectivity index (χ0v) is 22.3. The van der Waals surface area contributed by atoms with E-state index in [0.717, 1.165) is 12.2 Å². The van der Waals surface area contributed by atoms with Crippen LogP contribution in [0.15, 0.2) is 35.7 Å². The Balaban J connectivity index is 1.65. The van der Waals surface area contributed by atoms with Gasteiger partial charge in [0.25, 0.3) is 0 Å². The quantitative estimate of drug-likeness (QED) is 0.424. The van der Waals surface area contributed by atoms with Crippen LogP contribution in [0.1, 0.15) is 35.9 Å². The summed E-state index contributed by atoms with van der Waals surface area (Å²) in [7, 11) is 1.64. The van der Waals surface area contributed by atoms with Crippen LogP contribution < -0.4 is 4.74 Å². The molecule has 0 saturated carbocycles. The molecule has 0 fully saturated rings. The molecule has 1 aliphatic rings. The lowest BCUT2D eigenvalue weighted by molar-refractivity contribution is -0.136. The molecular weight excluding hydrogens is 464 g/mol. The number of hydrogen-bond acceptors (Lipinski definition) is 7. The third-order valence-corrected chi connectivity index (χ3v) is 7.04. The molecule has 1 amide bonds. The number of aryl methyl sites for hydroxylation is 1. The van der Waals surface area contributed by atoms with Gasteiger partial charge in [0.05, 0.1) is 31.9 Å². The third-order valence-electron chi connectivity index (χ3n) is 6.04. The average molecular weight is 505 g/mol. The van der Waals surface area contributed by atoms with Gasteiger partial charge in [0, 0.05) is 38.2 Å². The molecule has 0 bridgehead atoms. The number of methoxy groups -OCH3 is 1. The third kappa shape index (κ3) is 8.58. The summed E-state index contributed by atoms with van der Waals surface area (Å²) < 4.78 is 17.0. The van der Waals surface area contributed by atoms with Crippen LogP contribution in [0, 0.1) is 12.8 Å². The molecule has 0 saturated heterocycles. The predicted octanol–water partition coefficient (Wildman–Crippen LogP) is 3.54. The van der Waals surface area contributed by atoms with Crippen LogP contribution in [0.25, 0.3) is 0 Å². The van der Waals surface area contributed by atoms with E-state index >= 15 is 0 Å². The maximum Gasteiger partial charge on any atom is 0.237 e. The molecule has 1 aliphatic heterocycles. The Morgan fingerprint density at radius 2 is 2.00 bits per heavy atom. The molecule has 2 unspecified atom stereocenters. The van der Waals surface area contributed by atoms with Gasteiger partial charge in [0.15, 0.2) is 0 Å². The van der Waals surface area contributed by atoms with Gasteiger partial charge in [0.2, 0.25) is 5.91 Å². The predicted molar refractivity (Wildman–Crippen MR) is 139 cm³/mol. The summed E-state index contributed by atoms with van der Waals surface area (Å²) in [5.74, 6) is 1.25. The van der Waals surface area contributed by atoms with E-state index in [1.807, 2.05) is 41.0 Å². The molecule has 1 aromatic heterocycles. The first-order chi connectivity index (χ1) is 16.9. The number of fused-ring (bicyclic) bond motifs is 1. The minimum atomic E-state index is -0.663. The second kappa shape index (κ2) is 13.9. The van der Waals surface area contributed by atoms with Gasteiger partial charge in [-0.05, 0) is 48.4 Å². The minimum Gasteiger partial charge on any atom is -0.491 e. The molecule has 2 atom stereocenters. The van der Waals surface area contributed by atoms with Crippen molar-refractivity contribution in [1.82, 2.24) is 9.80 Å². The first kappa shape index (κ1) is 27.6. The smallest absolute Gasteiger partial charge is 0.237 e. The van der Waals surface area contributed by atoms with Crippen molar-refractivity contribution in [3.63, 3.8) is 0 Å². The van der Waals surface area contributed by atoms with Gasteiger partial charge in [-0.3, -0.25) is 9.69 Å². The highest BCUT2D eigenvalue weighted by Gasteiger charge is 2.33. The SMILES string of the molecule is COCCN(CC(=O)N1CCc2sccc2C1COc1ccc(C)cc1)CC(O)COCC(C)C. The van der Waals surface area contributed by atoms with Crippen molar-refractivity contribution >= 4 is 17.2 Å². The number of nitrogens with zero attached hydrogens (tertiary/aromatic N) is 2. The number of rotatable bonds is 14. The standard InChI is InChI=1S/C27H40N2O5S/c1-20(2)17-33-18-22(30)15-28(12-13-32-4)16-27(31)29-11-9-26-24(10-14-35-26)25(29)19-34-23-7-5-21(3)6-8-23/h5-8,10,14,20,22,25,30H,9,11-13,15-19H2,1-4H3. The number of aliphatic hydroxyl groups is 1. The van der Waals surface area contributed by atoms with E-state index in [2.05, 4.69) is 25.3 Å². The number of benzene rings is 1. The number of carbonyl (C=O) groups excluding carboxylic acids is 1. The lowest BCUT2D eigenvalue weighted by Crippen LogP contribution is -2.48. The van der Waals surface area contributed by atoms with Gasteiger partial charge in [-0.15, -0.1) is 11.3 Å². The second-order valence-corrected chi connectivity index (χ2v) is 10.6. The zero-order valence-electron chi connectivity index (χ0n) is 21.4. The highest BCUT2D eigenvalue weighted by molar-refractivity contribution is 7.10. The first-order valence-electron chi connectivity index (χ1n) is 12.4. The molecule has 3 rings (SSSR count). The number of ether oxygens (including phenoxy) is 3. The molecule has 0 radical (unpaired) electrons. The Kier molecular flexibility index (Phi) is 11.0. The fourth-order valence-corrected chi connectivity index (χ4v) is 5.14. The average Bonchev–Trinajstić information content (AvgIpc) is 3.31. The Morgan fingerprint density at radius 3 is 2.71 bits per heavy atom. The maximum atomic E-state index is 13.5. The summed E-state index contributed by atoms with van der Waals surface area (Å²) in [6, 6.07) is 9.96. The van der Waals surface area contributed by atoms with Crippen molar-refractivity contribution in [1.29, 1.82) is 0 Å². The van der Waals surface area contributed by atoms with Crippen LogP contribution in [0.2, 0.25) is 0 Å². The van der Waals surface area contributed by atoms with Gasteiger partial charge in [-0.2, -0.15) is 0 Å². The number of aliphatic hydroxyl groups excluding tert-OH is 1. The van der Waals surface area contributed by atoms with Crippen molar-refractivity contribution in [3.05, 3.63) is 51.7 Å².